The highest BCUT2D eigenvalue weighted by atomic mass is 16.5. The number of anilines is 2. The molecule has 1 aliphatic heterocycles. The van der Waals surface area contributed by atoms with Gasteiger partial charge in [-0.3, -0.25) is 14.4 Å². The Morgan fingerprint density at radius 1 is 1.03 bits per heavy atom. The molecule has 9 heteroatoms. The number of para-hydroxylation sites is 1. The number of rotatable bonds is 6. The number of hydrogen-bond donors (Lipinski definition) is 2. The van der Waals surface area contributed by atoms with Gasteiger partial charge in [-0.25, -0.2) is 4.98 Å². The maximum Gasteiger partial charge on any atom is 0.258 e. The van der Waals surface area contributed by atoms with Gasteiger partial charge in [0.2, 0.25) is 11.8 Å². The van der Waals surface area contributed by atoms with E-state index in [0.29, 0.717) is 40.2 Å². The molecule has 2 amide bonds. The summed E-state index contributed by atoms with van der Waals surface area (Å²) in [7, 11) is 3.15. The number of methoxy groups -OCH3 is 2. The number of carbonyl (C=O) groups excluding carboxylic acids is 2. The van der Waals surface area contributed by atoms with Gasteiger partial charge >= 0.3 is 0 Å². The van der Waals surface area contributed by atoms with E-state index >= 15 is 0 Å². The van der Waals surface area contributed by atoms with E-state index in [1.54, 1.807) is 49.5 Å². The molecule has 0 aliphatic carbocycles. The standard InChI is InChI=1S/C28H26N4O5/c1-36-19-10-8-18(9-11-19)32-25(33)14-12-21(26(32)20-5-3-4-6-24(20)37-2)28(35)31-17-7-13-23-22(15-17)27(34)30-16-29-23/h3-11,13,15-16,21,26H,12,14H2,1-2H3,(H,31,35)(H,29,30,34). The minimum Gasteiger partial charge on any atom is -0.497 e. The number of benzene rings is 3. The molecule has 0 saturated carbocycles. The zero-order chi connectivity index (χ0) is 25.9. The van der Waals surface area contributed by atoms with E-state index in [-0.39, 0.29) is 23.8 Å². The third-order valence-electron chi connectivity index (χ3n) is 6.65. The predicted octanol–water partition coefficient (Wildman–Crippen LogP) is 4.06. The number of nitrogens with one attached hydrogen (secondary N) is 2. The number of piperidine rings is 1. The molecule has 0 radical (unpaired) electrons. The van der Waals surface area contributed by atoms with Crippen LogP contribution in [-0.4, -0.2) is 36.0 Å². The minimum atomic E-state index is -0.615. The molecular weight excluding hydrogens is 472 g/mol. The third-order valence-corrected chi connectivity index (χ3v) is 6.65. The molecule has 2 unspecified atom stereocenters. The Hall–Kier alpha value is -4.66. The molecule has 0 spiro atoms. The number of aromatic amines is 1. The summed E-state index contributed by atoms with van der Waals surface area (Å²) >= 11 is 0. The second-order valence-corrected chi connectivity index (χ2v) is 8.75. The lowest BCUT2D eigenvalue weighted by Crippen LogP contribution is -2.47. The summed E-state index contributed by atoms with van der Waals surface area (Å²) < 4.78 is 10.9. The van der Waals surface area contributed by atoms with E-state index in [2.05, 4.69) is 15.3 Å². The molecule has 1 saturated heterocycles. The highest BCUT2D eigenvalue weighted by Crippen LogP contribution is 2.43. The molecule has 9 nitrogen and oxygen atoms in total. The summed E-state index contributed by atoms with van der Waals surface area (Å²) in [6, 6.07) is 19.0. The fourth-order valence-electron chi connectivity index (χ4n) is 4.86. The Bertz CT molecular complexity index is 1520. The van der Waals surface area contributed by atoms with Gasteiger partial charge in [0.25, 0.3) is 5.56 Å². The minimum absolute atomic E-state index is 0.0894. The zero-order valence-corrected chi connectivity index (χ0v) is 20.4. The van der Waals surface area contributed by atoms with Crippen LogP contribution >= 0.6 is 0 Å². The largest absolute Gasteiger partial charge is 0.497 e. The fourth-order valence-corrected chi connectivity index (χ4v) is 4.86. The first-order valence-corrected chi connectivity index (χ1v) is 11.9. The smallest absolute Gasteiger partial charge is 0.258 e. The summed E-state index contributed by atoms with van der Waals surface area (Å²) in [5.74, 6) is 0.313. The maximum absolute atomic E-state index is 13.7. The van der Waals surface area contributed by atoms with E-state index in [4.69, 9.17) is 9.47 Å². The van der Waals surface area contributed by atoms with E-state index in [0.717, 1.165) is 5.56 Å². The summed E-state index contributed by atoms with van der Waals surface area (Å²) in [5.41, 5.74) is 2.10. The van der Waals surface area contributed by atoms with Crippen LogP contribution in [0.4, 0.5) is 11.4 Å². The van der Waals surface area contributed by atoms with Crippen LogP contribution in [0.15, 0.2) is 77.9 Å². The van der Waals surface area contributed by atoms with Gasteiger partial charge < -0.3 is 24.7 Å². The molecule has 0 bridgehead atoms. The highest BCUT2D eigenvalue weighted by molar-refractivity contribution is 6.01. The maximum atomic E-state index is 13.7. The molecule has 1 aromatic heterocycles. The Balaban J connectivity index is 1.55. The number of fused-ring (bicyclic) bond motifs is 1. The molecule has 3 aromatic carbocycles. The Labute approximate surface area is 213 Å². The Morgan fingerprint density at radius 3 is 2.57 bits per heavy atom. The lowest BCUT2D eigenvalue weighted by Gasteiger charge is -2.41. The van der Waals surface area contributed by atoms with Crippen LogP contribution in [0.25, 0.3) is 10.9 Å². The lowest BCUT2D eigenvalue weighted by atomic mass is 9.82. The molecule has 2 atom stereocenters. The molecule has 2 N–H and O–H groups in total. The van der Waals surface area contributed by atoms with Crippen LogP contribution in [0, 0.1) is 5.92 Å². The average molecular weight is 499 g/mol. The van der Waals surface area contributed by atoms with Gasteiger partial charge in [0.1, 0.15) is 11.5 Å². The van der Waals surface area contributed by atoms with Gasteiger partial charge in [0, 0.05) is 23.4 Å². The van der Waals surface area contributed by atoms with Crippen molar-refractivity contribution >= 4 is 34.1 Å². The summed E-state index contributed by atoms with van der Waals surface area (Å²) in [4.78, 5) is 47.7. The zero-order valence-electron chi connectivity index (χ0n) is 20.4. The van der Waals surface area contributed by atoms with Crippen LogP contribution in [0.5, 0.6) is 11.5 Å². The molecule has 1 aliphatic rings. The van der Waals surface area contributed by atoms with Crippen LogP contribution < -0.4 is 25.2 Å². The molecule has 1 fully saturated rings. The highest BCUT2D eigenvalue weighted by Gasteiger charge is 2.42. The number of aromatic nitrogens is 2. The summed E-state index contributed by atoms with van der Waals surface area (Å²) in [6.45, 7) is 0. The van der Waals surface area contributed by atoms with E-state index in [1.807, 2.05) is 36.4 Å². The van der Waals surface area contributed by atoms with Gasteiger partial charge in [-0.15, -0.1) is 0 Å². The monoisotopic (exact) mass is 498 g/mol. The number of carbonyl (C=O) groups is 2. The lowest BCUT2D eigenvalue weighted by molar-refractivity contribution is -0.125. The molecule has 37 heavy (non-hydrogen) atoms. The van der Waals surface area contributed by atoms with Crippen LogP contribution in [0.1, 0.15) is 24.4 Å². The van der Waals surface area contributed by atoms with Crippen molar-refractivity contribution < 1.29 is 19.1 Å². The molecule has 4 aromatic rings. The van der Waals surface area contributed by atoms with Crippen molar-refractivity contribution in [2.75, 3.05) is 24.4 Å². The second kappa shape index (κ2) is 10.1. The average Bonchev–Trinajstić information content (AvgIpc) is 2.93. The molecule has 2 heterocycles. The van der Waals surface area contributed by atoms with Gasteiger partial charge in [0.15, 0.2) is 0 Å². The van der Waals surface area contributed by atoms with Gasteiger partial charge in [-0.05, 0) is 55.0 Å². The first-order valence-electron chi connectivity index (χ1n) is 11.9. The SMILES string of the molecule is COc1ccc(N2C(=O)CCC(C(=O)Nc3ccc4nc[nH]c(=O)c4c3)C2c2ccccc2OC)cc1. The van der Waals surface area contributed by atoms with E-state index in [1.165, 1.54) is 6.33 Å². The van der Waals surface area contributed by atoms with Gasteiger partial charge in [0.05, 0.1) is 43.4 Å². The second-order valence-electron chi connectivity index (χ2n) is 8.75. The Morgan fingerprint density at radius 2 is 1.81 bits per heavy atom. The number of hydrogen-bond acceptors (Lipinski definition) is 6. The van der Waals surface area contributed by atoms with Gasteiger partial charge in [-0.2, -0.15) is 0 Å². The normalized spacial score (nSPS) is 17.5. The predicted molar refractivity (Wildman–Crippen MR) is 140 cm³/mol. The first-order chi connectivity index (χ1) is 18.0. The quantitative estimate of drug-likeness (QED) is 0.414. The van der Waals surface area contributed by atoms with Crippen molar-refractivity contribution in [1.29, 1.82) is 0 Å². The van der Waals surface area contributed by atoms with Crippen molar-refractivity contribution in [2.45, 2.75) is 18.9 Å². The molecule has 5 rings (SSSR count). The number of ether oxygens (including phenoxy) is 2. The van der Waals surface area contributed by atoms with Crippen molar-refractivity contribution in [1.82, 2.24) is 9.97 Å². The number of H-pyrrole nitrogens is 1. The molecular formula is C28H26N4O5. The summed E-state index contributed by atoms with van der Waals surface area (Å²) in [5, 5.41) is 3.33. The number of nitrogens with zero attached hydrogens (tertiary/aromatic N) is 2. The van der Waals surface area contributed by atoms with Gasteiger partial charge in [-0.1, -0.05) is 18.2 Å². The van der Waals surface area contributed by atoms with Crippen molar-refractivity contribution in [3.63, 3.8) is 0 Å². The fraction of sp³-hybridized carbons (Fsp3) is 0.214. The topological polar surface area (TPSA) is 114 Å². The van der Waals surface area contributed by atoms with E-state index in [9.17, 15) is 14.4 Å². The van der Waals surface area contributed by atoms with Crippen LogP contribution in [0.2, 0.25) is 0 Å². The third kappa shape index (κ3) is 4.63. The first kappa shape index (κ1) is 24.1. The van der Waals surface area contributed by atoms with E-state index < -0.39 is 12.0 Å². The van der Waals surface area contributed by atoms with Crippen LogP contribution in [0.3, 0.4) is 0 Å². The Kier molecular flexibility index (Phi) is 6.59. The molecule has 188 valence electrons. The number of amides is 2. The van der Waals surface area contributed by atoms with Crippen molar-refractivity contribution in [3.8, 4) is 11.5 Å². The van der Waals surface area contributed by atoms with Crippen LogP contribution in [-0.2, 0) is 9.59 Å². The summed E-state index contributed by atoms with van der Waals surface area (Å²) in [6.07, 6.45) is 1.90. The van der Waals surface area contributed by atoms with Crippen molar-refractivity contribution in [3.05, 3.63) is 89.0 Å². The van der Waals surface area contributed by atoms with Crippen molar-refractivity contribution in [2.24, 2.45) is 5.92 Å².